The minimum absolute atomic E-state index is 0.110. The molecular weight excluding hydrogens is 374 g/mol. The Hall–Kier alpha value is -2.25. The molecule has 0 aliphatic rings. The van der Waals surface area contributed by atoms with Gasteiger partial charge in [-0.15, -0.1) is 0 Å². The average molecular weight is 393 g/mol. The van der Waals surface area contributed by atoms with Crippen molar-refractivity contribution in [3.63, 3.8) is 0 Å². The summed E-state index contributed by atoms with van der Waals surface area (Å²) in [7, 11) is 1.92. The third-order valence-corrected chi connectivity index (χ3v) is 4.69. The minimum Gasteiger partial charge on any atom is -0.324 e. The second kappa shape index (κ2) is 8.03. The van der Waals surface area contributed by atoms with Crippen LogP contribution in [0.15, 0.2) is 53.0 Å². The Morgan fingerprint density at radius 3 is 2.54 bits per heavy atom. The highest BCUT2D eigenvalue weighted by Gasteiger charge is 2.25. The normalized spacial score (nSPS) is 13.1. The van der Waals surface area contributed by atoms with E-state index in [1.54, 1.807) is 19.1 Å². The first-order valence-electron chi connectivity index (χ1n) is 7.50. The summed E-state index contributed by atoms with van der Waals surface area (Å²) in [6.45, 7) is 2.46. The summed E-state index contributed by atoms with van der Waals surface area (Å²) < 4.78 is 0.996. The van der Waals surface area contributed by atoms with Crippen LogP contribution < -0.4 is 10.2 Å². The van der Waals surface area contributed by atoms with Gasteiger partial charge >= 0.3 is 0 Å². The van der Waals surface area contributed by atoms with Gasteiger partial charge in [-0.25, -0.2) is 0 Å². The monoisotopic (exact) mass is 392 g/mol. The van der Waals surface area contributed by atoms with Crippen molar-refractivity contribution in [2.45, 2.75) is 19.5 Å². The number of nitrogens with one attached hydrogen (secondary N) is 2. The van der Waals surface area contributed by atoms with Gasteiger partial charge in [0, 0.05) is 16.1 Å². The summed E-state index contributed by atoms with van der Waals surface area (Å²) in [6, 6.07) is 13.6. The van der Waals surface area contributed by atoms with Crippen molar-refractivity contribution in [2.75, 3.05) is 12.4 Å². The fraction of sp³-hybridized carbons (Fsp3) is 0.235. The summed E-state index contributed by atoms with van der Waals surface area (Å²) in [5, 5.41) is 13.7. The summed E-state index contributed by atoms with van der Waals surface area (Å²) in [4.78, 5) is 23.9. The lowest BCUT2D eigenvalue weighted by Gasteiger charge is -2.21. The van der Waals surface area contributed by atoms with Gasteiger partial charge in [0.2, 0.25) is 0 Å². The van der Waals surface area contributed by atoms with Crippen molar-refractivity contribution >= 4 is 33.2 Å². The van der Waals surface area contributed by atoms with E-state index in [1.807, 2.05) is 31.3 Å². The first-order chi connectivity index (χ1) is 11.4. The molecule has 7 heteroatoms. The SMILES string of the molecule is C[C@H](C(=O)Nc1ccccc1[N+](=O)[O-])[NH+](C)Cc1ccccc1Br. The topological polar surface area (TPSA) is 76.7 Å². The number of para-hydroxylation sites is 2. The highest BCUT2D eigenvalue weighted by atomic mass is 79.9. The number of hydrogen-bond donors (Lipinski definition) is 2. The molecule has 0 saturated carbocycles. The largest absolute Gasteiger partial charge is 0.324 e. The fourth-order valence-electron chi connectivity index (χ4n) is 2.30. The van der Waals surface area contributed by atoms with Gasteiger partial charge in [0.25, 0.3) is 11.6 Å². The van der Waals surface area contributed by atoms with Crippen molar-refractivity contribution in [1.29, 1.82) is 0 Å². The summed E-state index contributed by atoms with van der Waals surface area (Å²) in [5.41, 5.74) is 1.20. The Labute approximate surface area is 148 Å². The molecule has 2 aromatic rings. The van der Waals surface area contributed by atoms with Crippen molar-refractivity contribution in [3.05, 3.63) is 68.7 Å². The van der Waals surface area contributed by atoms with Crippen LogP contribution in [-0.4, -0.2) is 23.9 Å². The zero-order valence-electron chi connectivity index (χ0n) is 13.5. The highest BCUT2D eigenvalue weighted by Crippen LogP contribution is 2.23. The lowest BCUT2D eigenvalue weighted by molar-refractivity contribution is -0.907. The maximum Gasteiger partial charge on any atom is 0.292 e. The van der Waals surface area contributed by atoms with E-state index in [0.717, 1.165) is 14.9 Å². The average Bonchev–Trinajstić information content (AvgIpc) is 2.56. The lowest BCUT2D eigenvalue weighted by atomic mass is 10.2. The fourth-order valence-corrected chi connectivity index (χ4v) is 2.72. The number of likely N-dealkylation sites (N-methyl/N-ethyl adjacent to an activating group) is 1. The van der Waals surface area contributed by atoms with E-state index in [2.05, 4.69) is 21.2 Å². The summed E-state index contributed by atoms with van der Waals surface area (Å²) >= 11 is 3.50. The van der Waals surface area contributed by atoms with Crippen LogP contribution in [0.25, 0.3) is 0 Å². The summed E-state index contributed by atoms with van der Waals surface area (Å²) in [5.74, 6) is -0.256. The van der Waals surface area contributed by atoms with Crippen molar-refractivity contribution in [2.24, 2.45) is 0 Å². The number of anilines is 1. The van der Waals surface area contributed by atoms with Gasteiger partial charge in [0.15, 0.2) is 6.04 Å². The van der Waals surface area contributed by atoms with Crippen molar-refractivity contribution in [1.82, 2.24) is 0 Å². The molecule has 24 heavy (non-hydrogen) atoms. The van der Waals surface area contributed by atoms with Gasteiger partial charge in [0.05, 0.1) is 12.0 Å². The van der Waals surface area contributed by atoms with E-state index < -0.39 is 4.92 Å². The molecule has 0 aliphatic heterocycles. The summed E-state index contributed by atoms with van der Waals surface area (Å²) in [6.07, 6.45) is 0. The maximum absolute atomic E-state index is 12.4. The number of nitro groups is 1. The van der Waals surface area contributed by atoms with Gasteiger partial charge in [-0.1, -0.05) is 46.3 Å². The van der Waals surface area contributed by atoms with Crippen LogP contribution in [0.3, 0.4) is 0 Å². The number of carbonyl (C=O) groups excluding carboxylic acids is 1. The van der Waals surface area contributed by atoms with E-state index in [0.29, 0.717) is 6.54 Å². The Morgan fingerprint density at radius 1 is 1.25 bits per heavy atom. The van der Waals surface area contributed by atoms with E-state index in [-0.39, 0.29) is 23.3 Å². The molecule has 1 amide bonds. The number of rotatable bonds is 6. The van der Waals surface area contributed by atoms with Crippen LogP contribution in [-0.2, 0) is 11.3 Å². The molecule has 0 aromatic heterocycles. The number of nitrogens with zero attached hydrogens (tertiary/aromatic N) is 1. The first-order valence-corrected chi connectivity index (χ1v) is 8.29. The predicted octanol–water partition coefficient (Wildman–Crippen LogP) is 2.40. The van der Waals surface area contributed by atoms with Gasteiger partial charge in [-0.3, -0.25) is 14.9 Å². The minimum atomic E-state index is -0.502. The molecule has 126 valence electrons. The lowest BCUT2D eigenvalue weighted by Crippen LogP contribution is -3.12. The van der Waals surface area contributed by atoms with Crippen LogP contribution >= 0.6 is 15.9 Å². The molecule has 2 atom stereocenters. The molecule has 6 nitrogen and oxygen atoms in total. The maximum atomic E-state index is 12.4. The molecule has 2 N–H and O–H groups in total. The smallest absolute Gasteiger partial charge is 0.292 e. The number of carbonyl (C=O) groups is 1. The third-order valence-electron chi connectivity index (χ3n) is 3.92. The Balaban J connectivity index is 2.07. The second-order valence-corrected chi connectivity index (χ2v) is 6.45. The second-order valence-electron chi connectivity index (χ2n) is 5.60. The van der Waals surface area contributed by atoms with E-state index >= 15 is 0 Å². The van der Waals surface area contributed by atoms with E-state index in [9.17, 15) is 14.9 Å². The number of hydrogen-bond acceptors (Lipinski definition) is 3. The van der Waals surface area contributed by atoms with E-state index in [4.69, 9.17) is 0 Å². The predicted molar refractivity (Wildman–Crippen MR) is 95.9 cm³/mol. The molecule has 0 heterocycles. The van der Waals surface area contributed by atoms with Crippen molar-refractivity contribution < 1.29 is 14.6 Å². The molecule has 0 fully saturated rings. The van der Waals surface area contributed by atoms with Gasteiger partial charge < -0.3 is 10.2 Å². The van der Waals surface area contributed by atoms with Crippen LogP contribution in [0.1, 0.15) is 12.5 Å². The highest BCUT2D eigenvalue weighted by molar-refractivity contribution is 9.10. The molecule has 0 saturated heterocycles. The van der Waals surface area contributed by atoms with Crippen LogP contribution in [0.2, 0.25) is 0 Å². The number of quaternary nitrogens is 1. The van der Waals surface area contributed by atoms with E-state index in [1.165, 1.54) is 12.1 Å². The van der Waals surface area contributed by atoms with Gasteiger partial charge in [-0.05, 0) is 19.1 Å². The van der Waals surface area contributed by atoms with Gasteiger partial charge in [0.1, 0.15) is 12.2 Å². The number of benzene rings is 2. The number of nitro benzene ring substituents is 1. The molecule has 0 bridgehead atoms. The molecule has 0 radical (unpaired) electrons. The molecule has 0 aliphatic carbocycles. The Kier molecular flexibility index (Phi) is 6.05. The van der Waals surface area contributed by atoms with Crippen LogP contribution in [0, 0.1) is 10.1 Å². The molecule has 0 spiro atoms. The van der Waals surface area contributed by atoms with Crippen LogP contribution in [0.4, 0.5) is 11.4 Å². The number of amides is 1. The first kappa shape index (κ1) is 18.1. The standard InChI is InChI=1S/C17H18BrN3O3/c1-12(20(2)11-13-7-3-4-8-14(13)18)17(22)19-15-9-5-6-10-16(15)21(23)24/h3-10,12H,11H2,1-2H3,(H,19,22)/p+1/t12-/m1/s1. The Bertz CT molecular complexity index is 751. The number of halogens is 1. The van der Waals surface area contributed by atoms with Crippen LogP contribution in [0.5, 0.6) is 0 Å². The van der Waals surface area contributed by atoms with Gasteiger partial charge in [-0.2, -0.15) is 0 Å². The zero-order valence-corrected chi connectivity index (χ0v) is 15.0. The quantitative estimate of drug-likeness (QED) is 0.585. The zero-order chi connectivity index (χ0) is 17.7. The molecular formula is C17H19BrN3O3+. The molecule has 1 unspecified atom stereocenters. The third kappa shape index (κ3) is 4.39. The Morgan fingerprint density at radius 2 is 1.88 bits per heavy atom. The molecule has 2 aromatic carbocycles. The molecule has 2 rings (SSSR count). The van der Waals surface area contributed by atoms with Crippen molar-refractivity contribution in [3.8, 4) is 0 Å².